The van der Waals surface area contributed by atoms with Crippen LogP contribution in [0, 0.1) is 5.82 Å². The standard InChI is InChI=1S/C21H16F3N3O3S/c1-12-8-17-19(9-12)25-11-26-20(17)16-7-2-13(10-18(16)22)27-31(28,29)15-5-3-14(4-6-15)30-21(23)24/h2-8,10-11,21,27H,9H2,1H3. The van der Waals surface area contributed by atoms with Gasteiger partial charge in [-0.3, -0.25) is 4.72 Å². The summed E-state index contributed by atoms with van der Waals surface area (Å²) in [5.74, 6) is -0.828. The molecule has 0 saturated carbocycles. The number of hydrogen-bond donors (Lipinski definition) is 1. The molecule has 1 heterocycles. The van der Waals surface area contributed by atoms with Crippen LogP contribution in [0.4, 0.5) is 18.9 Å². The van der Waals surface area contributed by atoms with E-state index in [0.717, 1.165) is 47.2 Å². The van der Waals surface area contributed by atoms with E-state index in [2.05, 4.69) is 19.4 Å². The molecule has 0 amide bonds. The number of allylic oxidation sites excluding steroid dienone is 1. The summed E-state index contributed by atoms with van der Waals surface area (Å²) in [5, 5.41) is 0. The first-order valence-corrected chi connectivity index (χ1v) is 10.6. The third-order valence-corrected chi connectivity index (χ3v) is 6.04. The monoisotopic (exact) mass is 447 g/mol. The zero-order valence-corrected chi connectivity index (χ0v) is 17.0. The summed E-state index contributed by atoms with van der Waals surface area (Å²) in [5.41, 5.74) is 3.31. The minimum absolute atomic E-state index is 0.00609. The van der Waals surface area contributed by atoms with E-state index < -0.39 is 22.5 Å². The fourth-order valence-corrected chi connectivity index (χ4v) is 4.34. The Bertz CT molecular complexity index is 1280. The zero-order chi connectivity index (χ0) is 22.2. The molecule has 0 radical (unpaired) electrons. The summed E-state index contributed by atoms with van der Waals surface area (Å²) < 4.78 is 70.9. The summed E-state index contributed by atoms with van der Waals surface area (Å²) in [7, 11) is -4.06. The van der Waals surface area contributed by atoms with Crippen molar-refractivity contribution in [1.82, 2.24) is 9.97 Å². The molecule has 0 atom stereocenters. The molecule has 3 aromatic rings. The fraction of sp³-hybridized carbons (Fsp3) is 0.143. The largest absolute Gasteiger partial charge is 0.435 e. The van der Waals surface area contributed by atoms with E-state index >= 15 is 0 Å². The van der Waals surface area contributed by atoms with Crippen LogP contribution in [0.5, 0.6) is 5.75 Å². The number of rotatable bonds is 6. The lowest BCUT2D eigenvalue weighted by atomic mass is 10.1. The first-order chi connectivity index (χ1) is 14.7. The molecule has 6 nitrogen and oxygen atoms in total. The number of aromatic nitrogens is 2. The lowest BCUT2D eigenvalue weighted by Crippen LogP contribution is -2.13. The smallest absolute Gasteiger partial charge is 0.387 e. The van der Waals surface area contributed by atoms with E-state index in [1.54, 1.807) is 0 Å². The molecule has 1 aliphatic rings. The molecule has 2 aromatic carbocycles. The molecule has 0 aliphatic heterocycles. The molecule has 4 rings (SSSR count). The highest BCUT2D eigenvalue weighted by atomic mass is 32.2. The number of sulfonamides is 1. The van der Waals surface area contributed by atoms with Gasteiger partial charge in [0.1, 0.15) is 17.9 Å². The first kappa shape index (κ1) is 20.9. The maximum Gasteiger partial charge on any atom is 0.387 e. The quantitative estimate of drug-likeness (QED) is 0.595. The summed E-state index contributed by atoms with van der Waals surface area (Å²) in [6.07, 6.45) is 3.95. The van der Waals surface area contributed by atoms with Gasteiger partial charge in [-0.05, 0) is 49.4 Å². The number of anilines is 1. The minimum atomic E-state index is -4.06. The van der Waals surface area contributed by atoms with Crippen LogP contribution in [0.25, 0.3) is 17.3 Å². The summed E-state index contributed by atoms with van der Waals surface area (Å²) in [6, 6.07) is 8.36. The van der Waals surface area contributed by atoms with Crippen LogP contribution in [-0.4, -0.2) is 25.0 Å². The van der Waals surface area contributed by atoms with Crippen molar-refractivity contribution in [3.05, 3.63) is 71.4 Å². The average Bonchev–Trinajstić information content (AvgIpc) is 3.08. The molecule has 1 aromatic heterocycles. The van der Waals surface area contributed by atoms with Crippen molar-refractivity contribution < 1.29 is 26.3 Å². The fourth-order valence-electron chi connectivity index (χ4n) is 3.29. The number of nitrogens with zero attached hydrogens (tertiary/aromatic N) is 2. The molecule has 1 N–H and O–H groups in total. The molecule has 0 bridgehead atoms. The van der Waals surface area contributed by atoms with Crippen LogP contribution in [-0.2, 0) is 16.4 Å². The Balaban J connectivity index is 1.59. The van der Waals surface area contributed by atoms with E-state index in [-0.39, 0.29) is 21.9 Å². The molecule has 31 heavy (non-hydrogen) atoms. The van der Waals surface area contributed by atoms with Crippen molar-refractivity contribution in [2.45, 2.75) is 24.9 Å². The van der Waals surface area contributed by atoms with Crippen LogP contribution < -0.4 is 9.46 Å². The van der Waals surface area contributed by atoms with E-state index in [0.29, 0.717) is 12.1 Å². The molecular formula is C21H16F3N3O3S. The highest BCUT2D eigenvalue weighted by Crippen LogP contribution is 2.33. The number of ether oxygens (including phenoxy) is 1. The van der Waals surface area contributed by atoms with Crippen molar-refractivity contribution in [3.63, 3.8) is 0 Å². The SMILES string of the molecule is CC1=Cc2c(ncnc2-c2ccc(NS(=O)(=O)c3ccc(OC(F)F)cc3)cc2F)C1. The number of benzene rings is 2. The third-order valence-electron chi connectivity index (χ3n) is 4.64. The van der Waals surface area contributed by atoms with Gasteiger partial charge in [0.15, 0.2) is 0 Å². The molecular weight excluding hydrogens is 431 g/mol. The number of hydrogen-bond acceptors (Lipinski definition) is 5. The molecule has 160 valence electrons. The lowest BCUT2D eigenvalue weighted by molar-refractivity contribution is -0.0498. The van der Waals surface area contributed by atoms with E-state index in [1.807, 2.05) is 13.0 Å². The van der Waals surface area contributed by atoms with Gasteiger partial charge in [0.05, 0.1) is 22.0 Å². The van der Waals surface area contributed by atoms with E-state index in [4.69, 9.17) is 0 Å². The minimum Gasteiger partial charge on any atom is -0.435 e. The maximum atomic E-state index is 14.8. The highest BCUT2D eigenvalue weighted by molar-refractivity contribution is 7.92. The molecule has 10 heteroatoms. The molecule has 0 fully saturated rings. The van der Waals surface area contributed by atoms with Crippen LogP contribution in [0.2, 0.25) is 0 Å². The van der Waals surface area contributed by atoms with Gasteiger partial charge in [-0.1, -0.05) is 11.6 Å². The Morgan fingerprint density at radius 3 is 2.52 bits per heavy atom. The third kappa shape index (κ3) is 4.38. The van der Waals surface area contributed by atoms with E-state index in [1.165, 1.54) is 18.5 Å². The Kier molecular flexibility index (Phi) is 5.40. The van der Waals surface area contributed by atoms with Crippen molar-refractivity contribution in [2.24, 2.45) is 0 Å². The normalized spacial score (nSPS) is 13.1. The van der Waals surface area contributed by atoms with Gasteiger partial charge in [-0.15, -0.1) is 0 Å². The molecule has 1 aliphatic carbocycles. The Hall–Kier alpha value is -3.40. The van der Waals surface area contributed by atoms with Gasteiger partial charge in [-0.2, -0.15) is 8.78 Å². The maximum absolute atomic E-state index is 14.8. The van der Waals surface area contributed by atoms with Crippen LogP contribution >= 0.6 is 0 Å². The van der Waals surface area contributed by atoms with Gasteiger partial charge in [0, 0.05) is 17.5 Å². The van der Waals surface area contributed by atoms with Gasteiger partial charge < -0.3 is 4.74 Å². The van der Waals surface area contributed by atoms with Gasteiger partial charge >= 0.3 is 6.61 Å². The summed E-state index contributed by atoms with van der Waals surface area (Å²) >= 11 is 0. The topological polar surface area (TPSA) is 81.2 Å². The summed E-state index contributed by atoms with van der Waals surface area (Å²) in [4.78, 5) is 8.23. The second-order valence-electron chi connectivity index (χ2n) is 6.90. The van der Waals surface area contributed by atoms with Gasteiger partial charge in [-0.25, -0.2) is 22.8 Å². The first-order valence-electron chi connectivity index (χ1n) is 9.11. The van der Waals surface area contributed by atoms with E-state index in [9.17, 15) is 21.6 Å². The zero-order valence-electron chi connectivity index (χ0n) is 16.1. The second-order valence-corrected chi connectivity index (χ2v) is 8.58. The number of halogens is 3. The Morgan fingerprint density at radius 2 is 1.84 bits per heavy atom. The summed E-state index contributed by atoms with van der Waals surface area (Å²) in [6.45, 7) is -1.07. The van der Waals surface area contributed by atoms with Crippen molar-refractivity contribution >= 4 is 21.8 Å². The number of fused-ring (bicyclic) bond motifs is 1. The molecule has 0 unspecified atom stereocenters. The Morgan fingerprint density at radius 1 is 1.10 bits per heavy atom. The van der Waals surface area contributed by atoms with Gasteiger partial charge in [0.25, 0.3) is 10.0 Å². The molecule has 0 spiro atoms. The highest BCUT2D eigenvalue weighted by Gasteiger charge is 2.20. The predicted octanol–water partition coefficient (Wildman–Crippen LogP) is 4.64. The van der Waals surface area contributed by atoms with Crippen molar-refractivity contribution in [1.29, 1.82) is 0 Å². The van der Waals surface area contributed by atoms with Crippen LogP contribution in [0.15, 0.2) is 59.3 Å². The Labute approximate surface area is 176 Å². The average molecular weight is 447 g/mol. The predicted molar refractivity (Wildman–Crippen MR) is 109 cm³/mol. The second kappa shape index (κ2) is 8.03. The van der Waals surface area contributed by atoms with Crippen molar-refractivity contribution in [3.8, 4) is 17.0 Å². The number of nitrogens with one attached hydrogen (secondary N) is 1. The molecule has 0 saturated heterocycles. The number of alkyl halides is 2. The lowest BCUT2D eigenvalue weighted by Gasteiger charge is -2.11. The van der Waals surface area contributed by atoms with Crippen LogP contribution in [0.1, 0.15) is 18.2 Å². The van der Waals surface area contributed by atoms with Crippen molar-refractivity contribution in [2.75, 3.05) is 4.72 Å². The van der Waals surface area contributed by atoms with Crippen LogP contribution in [0.3, 0.4) is 0 Å². The van der Waals surface area contributed by atoms with Gasteiger partial charge in [0.2, 0.25) is 0 Å².